The normalized spacial score (nSPS) is 21.1. The van der Waals surface area contributed by atoms with Crippen molar-refractivity contribution in [3.05, 3.63) is 53.7 Å². The number of aliphatic imine (C=N–C) groups is 1. The van der Waals surface area contributed by atoms with Crippen molar-refractivity contribution < 1.29 is 22.5 Å². The first kappa shape index (κ1) is 15.1. The van der Waals surface area contributed by atoms with Gasteiger partial charge in [-0.05, 0) is 17.7 Å². The van der Waals surface area contributed by atoms with E-state index in [1.807, 2.05) is 0 Å². The van der Waals surface area contributed by atoms with Crippen LogP contribution >= 0.6 is 0 Å². The first-order valence-corrected chi connectivity index (χ1v) is 6.58. The number of benzene rings is 1. The van der Waals surface area contributed by atoms with Crippen LogP contribution in [0.5, 0.6) is 0 Å². The minimum absolute atomic E-state index is 0.100. The fourth-order valence-corrected chi connectivity index (χ4v) is 2.36. The maximum absolute atomic E-state index is 12.7. The van der Waals surface area contributed by atoms with Gasteiger partial charge in [0.15, 0.2) is 0 Å². The lowest BCUT2D eigenvalue weighted by atomic mass is 9.79. The summed E-state index contributed by atoms with van der Waals surface area (Å²) < 4.78 is 42.6. The Morgan fingerprint density at radius 3 is 2.52 bits per heavy atom. The molecule has 3 rings (SSSR count). The maximum Gasteiger partial charge on any atom is 0.416 e. The number of hydrogen-bond donors (Lipinski definition) is 0. The molecule has 8 heteroatoms. The fraction of sp³-hybridized carbons (Fsp3) is 0.200. The van der Waals surface area contributed by atoms with Gasteiger partial charge in [-0.25, -0.2) is 0 Å². The molecule has 23 heavy (non-hydrogen) atoms. The summed E-state index contributed by atoms with van der Waals surface area (Å²) in [5.74, 6) is 0.256. The van der Waals surface area contributed by atoms with Gasteiger partial charge in [0.05, 0.1) is 17.5 Å². The van der Waals surface area contributed by atoms with Gasteiger partial charge in [0, 0.05) is 11.8 Å². The van der Waals surface area contributed by atoms with Crippen LogP contribution in [0.2, 0.25) is 0 Å². The van der Waals surface area contributed by atoms with E-state index >= 15 is 0 Å². The van der Waals surface area contributed by atoms with Crippen molar-refractivity contribution in [2.45, 2.75) is 11.6 Å². The second-order valence-electron chi connectivity index (χ2n) is 5.06. The largest absolute Gasteiger partial charge is 0.416 e. The number of aromatic nitrogens is 2. The molecule has 0 fully saturated rings. The van der Waals surface area contributed by atoms with E-state index in [4.69, 9.17) is 0 Å². The van der Waals surface area contributed by atoms with Gasteiger partial charge in [-0.15, -0.1) is 0 Å². The summed E-state index contributed by atoms with van der Waals surface area (Å²) in [6.45, 7) is 0.100. The summed E-state index contributed by atoms with van der Waals surface area (Å²) in [6, 6.07) is 4.45. The minimum Gasteiger partial charge on any atom is -0.342 e. The first-order valence-electron chi connectivity index (χ1n) is 6.58. The molecule has 2 heterocycles. The number of allylic oxidation sites excluding steroid dienone is 1. The predicted octanol–water partition coefficient (Wildman–Crippen LogP) is 2.69. The third kappa shape index (κ3) is 2.79. The monoisotopic (exact) mass is 321 g/mol. The molecule has 0 spiro atoms. The highest BCUT2D eigenvalue weighted by Gasteiger charge is 2.35. The average molecular weight is 321 g/mol. The molecular formula is C15H10F3N3O2. The zero-order chi connectivity index (χ0) is 16.5. The standard InChI is InChI=1S/C15H10F3N3O2/c16-15(17,18)12-3-1-11(2-4-12)14(8-22)5-10(6-19-7-14)13-20-9-23-21-13/h1-6,8-9H,7H2. The van der Waals surface area contributed by atoms with Crippen molar-refractivity contribution in [2.75, 3.05) is 6.54 Å². The molecule has 1 aromatic carbocycles. The molecule has 5 nitrogen and oxygen atoms in total. The molecule has 118 valence electrons. The summed E-state index contributed by atoms with van der Waals surface area (Å²) in [7, 11) is 0. The number of carbonyl (C=O) groups excluding carboxylic acids is 1. The molecular weight excluding hydrogens is 311 g/mol. The highest BCUT2D eigenvalue weighted by atomic mass is 19.4. The quantitative estimate of drug-likeness (QED) is 0.815. The van der Waals surface area contributed by atoms with Crippen LogP contribution in [0.15, 0.2) is 46.3 Å². The molecule has 0 aliphatic carbocycles. The van der Waals surface area contributed by atoms with E-state index in [0.29, 0.717) is 17.4 Å². The molecule has 1 unspecified atom stereocenters. The zero-order valence-electron chi connectivity index (χ0n) is 11.6. The Kier molecular flexibility index (Phi) is 3.59. The first-order chi connectivity index (χ1) is 10.9. The maximum atomic E-state index is 12.7. The number of aldehydes is 1. The lowest BCUT2D eigenvalue weighted by molar-refractivity contribution is -0.137. The third-order valence-electron chi connectivity index (χ3n) is 3.58. The van der Waals surface area contributed by atoms with Gasteiger partial charge < -0.3 is 9.32 Å². The number of nitrogens with zero attached hydrogens (tertiary/aromatic N) is 3. The topological polar surface area (TPSA) is 68.3 Å². The van der Waals surface area contributed by atoms with Gasteiger partial charge in [0.1, 0.15) is 6.29 Å². The number of rotatable bonds is 3. The zero-order valence-corrected chi connectivity index (χ0v) is 11.6. The Labute approximate surface area is 128 Å². The SMILES string of the molecule is O=CC1(c2ccc(C(F)(F)F)cc2)C=C(c2ncon2)C=NC1. The fourth-order valence-electron chi connectivity index (χ4n) is 2.36. The lowest BCUT2D eigenvalue weighted by Crippen LogP contribution is -2.32. The summed E-state index contributed by atoms with van der Waals surface area (Å²) in [5.41, 5.74) is -1.05. The molecule has 0 N–H and O–H groups in total. The number of alkyl halides is 3. The van der Waals surface area contributed by atoms with Gasteiger partial charge in [-0.3, -0.25) is 4.99 Å². The molecule has 1 atom stereocenters. The molecule has 1 aliphatic heterocycles. The minimum atomic E-state index is -4.43. The van der Waals surface area contributed by atoms with Crippen LogP contribution in [0, 0.1) is 0 Å². The van der Waals surface area contributed by atoms with E-state index < -0.39 is 17.2 Å². The third-order valence-corrected chi connectivity index (χ3v) is 3.58. The van der Waals surface area contributed by atoms with Crippen molar-refractivity contribution in [3.8, 4) is 0 Å². The van der Waals surface area contributed by atoms with Crippen LogP contribution in [0.25, 0.3) is 5.57 Å². The van der Waals surface area contributed by atoms with E-state index in [-0.39, 0.29) is 12.4 Å². The second kappa shape index (κ2) is 5.45. The molecule has 0 saturated heterocycles. The molecule has 0 amide bonds. The summed E-state index contributed by atoms with van der Waals surface area (Å²) in [4.78, 5) is 19.7. The van der Waals surface area contributed by atoms with Crippen LogP contribution in [-0.2, 0) is 16.4 Å². The van der Waals surface area contributed by atoms with E-state index in [1.165, 1.54) is 18.3 Å². The lowest BCUT2D eigenvalue weighted by Gasteiger charge is -2.26. The summed E-state index contributed by atoms with van der Waals surface area (Å²) >= 11 is 0. The van der Waals surface area contributed by atoms with Crippen molar-refractivity contribution in [1.29, 1.82) is 0 Å². The van der Waals surface area contributed by atoms with Gasteiger partial charge in [0.2, 0.25) is 12.2 Å². The van der Waals surface area contributed by atoms with Crippen LogP contribution in [0.4, 0.5) is 13.2 Å². The number of halogens is 3. The Balaban J connectivity index is 2.01. The number of carbonyl (C=O) groups is 1. The van der Waals surface area contributed by atoms with Crippen molar-refractivity contribution >= 4 is 18.1 Å². The van der Waals surface area contributed by atoms with Gasteiger partial charge in [-0.2, -0.15) is 18.2 Å². The molecule has 0 saturated carbocycles. The number of hydrogen-bond acceptors (Lipinski definition) is 5. The van der Waals surface area contributed by atoms with Gasteiger partial charge in [0.25, 0.3) is 0 Å². The van der Waals surface area contributed by atoms with E-state index in [9.17, 15) is 18.0 Å². The molecule has 2 aromatic rings. The predicted molar refractivity (Wildman–Crippen MR) is 74.8 cm³/mol. The van der Waals surface area contributed by atoms with Crippen LogP contribution in [0.1, 0.15) is 17.0 Å². The molecule has 0 bridgehead atoms. The van der Waals surface area contributed by atoms with Gasteiger partial charge in [-0.1, -0.05) is 23.4 Å². The van der Waals surface area contributed by atoms with E-state index in [2.05, 4.69) is 19.7 Å². The Hall–Kier alpha value is -2.77. The van der Waals surface area contributed by atoms with Crippen molar-refractivity contribution in [2.24, 2.45) is 4.99 Å². The Morgan fingerprint density at radius 1 is 1.22 bits per heavy atom. The van der Waals surface area contributed by atoms with E-state index in [1.54, 1.807) is 6.08 Å². The van der Waals surface area contributed by atoms with Crippen molar-refractivity contribution in [3.63, 3.8) is 0 Å². The summed E-state index contributed by atoms with van der Waals surface area (Å²) in [6.07, 6.45) is 0.450. The Morgan fingerprint density at radius 2 is 1.96 bits per heavy atom. The highest BCUT2D eigenvalue weighted by molar-refractivity contribution is 6.10. The van der Waals surface area contributed by atoms with Gasteiger partial charge >= 0.3 is 6.18 Å². The van der Waals surface area contributed by atoms with Crippen LogP contribution in [0.3, 0.4) is 0 Å². The summed E-state index contributed by atoms with van der Waals surface area (Å²) in [5, 5.41) is 3.67. The number of dihydropyridines is 1. The molecule has 1 aromatic heterocycles. The molecule has 1 aliphatic rings. The Bertz CT molecular complexity index is 764. The molecule has 0 radical (unpaired) electrons. The van der Waals surface area contributed by atoms with E-state index in [0.717, 1.165) is 18.5 Å². The van der Waals surface area contributed by atoms with Crippen LogP contribution < -0.4 is 0 Å². The highest BCUT2D eigenvalue weighted by Crippen LogP contribution is 2.34. The second-order valence-corrected chi connectivity index (χ2v) is 5.06. The van der Waals surface area contributed by atoms with Crippen LogP contribution in [-0.4, -0.2) is 29.2 Å². The average Bonchev–Trinajstić information content (AvgIpc) is 3.09. The smallest absolute Gasteiger partial charge is 0.342 e. The van der Waals surface area contributed by atoms with Crippen molar-refractivity contribution in [1.82, 2.24) is 10.1 Å².